The normalized spacial score (nSPS) is 24.7. The van der Waals surface area contributed by atoms with E-state index in [1.165, 1.54) is 6.08 Å². The summed E-state index contributed by atoms with van der Waals surface area (Å²) in [6, 6.07) is -0.535. The molecule has 0 N–H and O–H groups in total. The van der Waals surface area contributed by atoms with Gasteiger partial charge in [-0.05, 0) is 38.2 Å². The highest BCUT2D eigenvalue weighted by Crippen LogP contribution is 2.24. The number of ether oxygens (including phenoxy) is 2. The molecule has 10 nitrogen and oxygen atoms in total. The number of carbonyl (C=O) groups is 2. The second-order valence-electron chi connectivity index (χ2n) is 7.25. The summed E-state index contributed by atoms with van der Waals surface area (Å²) in [6.45, 7) is 0. The number of rotatable bonds is 9. The quantitative estimate of drug-likeness (QED) is 0.250. The minimum absolute atomic E-state index is 0.165. The van der Waals surface area contributed by atoms with Crippen LogP contribution in [0.4, 0.5) is 0 Å². The number of carbonyl (C=O) groups excluding carboxylic acids is 2. The standard InChI is InChI=1S/C18H26N2O8/c21-17(27-15-9-5-13(6-10-15)19(23)24)3-1-2-4-18(22)28-16-11-7-14(8-12-16)20(25)26/h5,14-16H,1-4,6-12H2. The zero-order valence-electron chi connectivity index (χ0n) is 15.7. The van der Waals surface area contributed by atoms with Crippen molar-refractivity contribution >= 4 is 11.9 Å². The predicted molar refractivity (Wildman–Crippen MR) is 96.4 cm³/mol. The third kappa shape index (κ3) is 7.24. The van der Waals surface area contributed by atoms with Gasteiger partial charge in [-0.3, -0.25) is 29.8 Å². The Morgan fingerprint density at radius 3 is 1.96 bits per heavy atom. The molecule has 0 bridgehead atoms. The zero-order chi connectivity index (χ0) is 20.5. The number of nitrogens with zero attached hydrogens (tertiary/aromatic N) is 2. The Hall–Kier alpha value is -2.52. The van der Waals surface area contributed by atoms with Crippen LogP contribution in [0.2, 0.25) is 0 Å². The van der Waals surface area contributed by atoms with E-state index >= 15 is 0 Å². The van der Waals surface area contributed by atoms with Crippen molar-refractivity contribution in [2.75, 3.05) is 0 Å². The van der Waals surface area contributed by atoms with Crippen molar-refractivity contribution in [2.24, 2.45) is 0 Å². The van der Waals surface area contributed by atoms with E-state index in [1.54, 1.807) is 0 Å². The highest BCUT2D eigenvalue weighted by molar-refractivity contribution is 5.70. The summed E-state index contributed by atoms with van der Waals surface area (Å²) in [5.74, 6) is -0.711. The number of esters is 2. The molecule has 2 aliphatic rings. The minimum Gasteiger partial charge on any atom is -0.462 e. The first-order chi connectivity index (χ1) is 13.3. The van der Waals surface area contributed by atoms with Crippen molar-refractivity contribution in [3.63, 3.8) is 0 Å². The molecule has 0 aromatic carbocycles. The second kappa shape index (κ2) is 10.7. The molecule has 0 aliphatic heterocycles. The van der Waals surface area contributed by atoms with Crippen LogP contribution in [0.1, 0.15) is 70.6 Å². The first-order valence-electron chi connectivity index (χ1n) is 9.71. The highest BCUT2D eigenvalue weighted by atomic mass is 16.6. The lowest BCUT2D eigenvalue weighted by molar-refractivity contribution is -0.527. The molecule has 0 aromatic rings. The van der Waals surface area contributed by atoms with Gasteiger partial charge in [-0.2, -0.15) is 0 Å². The maximum absolute atomic E-state index is 11.8. The molecule has 1 atom stereocenters. The molecule has 0 radical (unpaired) electrons. The largest absolute Gasteiger partial charge is 0.462 e. The molecule has 1 fully saturated rings. The number of unbranched alkanes of at least 4 members (excludes halogenated alkanes) is 1. The fourth-order valence-electron chi connectivity index (χ4n) is 3.47. The molecule has 0 amide bonds. The Kier molecular flexibility index (Phi) is 8.34. The van der Waals surface area contributed by atoms with E-state index < -0.39 is 11.0 Å². The summed E-state index contributed by atoms with van der Waals surface area (Å²) in [7, 11) is 0. The van der Waals surface area contributed by atoms with Gasteiger partial charge in [0, 0.05) is 43.4 Å². The molecule has 0 saturated heterocycles. The summed E-state index contributed by atoms with van der Waals surface area (Å²) < 4.78 is 10.6. The van der Waals surface area contributed by atoms with Crippen LogP contribution in [-0.4, -0.2) is 40.0 Å². The molecule has 2 rings (SSSR count). The van der Waals surface area contributed by atoms with E-state index in [0.29, 0.717) is 57.8 Å². The van der Waals surface area contributed by atoms with Crippen LogP contribution in [-0.2, 0) is 19.1 Å². The van der Waals surface area contributed by atoms with Gasteiger partial charge in [0.05, 0.1) is 4.92 Å². The van der Waals surface area contributed by atoms with Crippen LogP contribution in [0, 0.1) is 20.2 Å². The molecular weight excluding hydrogens is 372 g/mol. The van der Waals surface area contributed by atoms with E-state index in [0.717, 1.165) is 0 Å². The van der Waals surface area contributed by atoms with Gasteiger partial charge in [0.2, 0.25) is 11.7 Å². The van der Waals surface area contributed by atoms with Crippen LogP contribution in [0.3, 0.4) is 0 Å². The van der Waals surface area contributed by atoms with Crippen molar-refractivity contribution in [1.82, 2.24) is 0 Å². The van der Waals surface area contributed by atoms with Crippen LogP contribution < -0.4 is 0 Å². The van der Waals surface area contributed by atoms with E-state index in [1.807, 2.05) is 0 Å². The minimum atomic E-state index is -0.535. The second-order valence-corrected chi connectivity index (χ2v) is 7.25. The number of allylic oxidation sites excluding steroid dienone is 1. The lowest BCUT2D eigenvalue weighted by Crippen LogP contribution is -2.31. The van der Waals surface area contributed by atoms with E-state index in [2.05, 4.69) is 0 Å². The molecule has 0 heterocycles. The van der Waals surface area contributed by atoms with Gasteiger partial charge in [-0.1, -0.05) is 0 Å². The number of hydrogen-bond donors (Lipinski definition) is 0. The predicted octanol–water partition coefficient (Wildman–Crippen LogP) is 2.93. The van der Waals surface area contributed by atoms with E-state index in [-0.39, 0.29) is 47.6 Å². The van der Waals surface area contributed by atoms with E-state index in [4.69, 9.17) is 9.47 Å². The van der Waals surface area contributed by atoms with Crippen molar-refractivity contribution in [2.45, 2.75) is 88.9 Å². The Balaban J connectivity index is 1.54. The first-order valence-corrected chi connectivity index (χ1v) is 9.71. The summed E-state index contributed by atoms with van der Waals surface area (Å²) in [5, 5.41) is 21.4. The van der Waals surface area contributed by atoms with Gasteiger partial charge in [0.1, 0.15) is 12.2 Å². The maximum atomic E-state index is 11.8. The van der Waals surface area contributed by atoms with Gasteiger partial charge in [0.15, 0.2) is 0 Å². The molecular formula is C18H26N2O8. The third-order valence-corrected chi connectivity index (χ3v) is 5.12. The monoisotopic (exact) mass is 398 g/mol. The highest BCUT2D eigenvalue weighted by Gasteiger charge is 2.30. The molecule has 0 aromatic heterocycles. The molecule has 1 saturated carbocycles. The van der Waals surface area contributed by atoms with Crippen LogP contribution in [0.5, 0.6) is 0 Å². The Morgan fingerprint density at radius 1 is 0.929 bits per heavy atom. The topological polar surface area (TPSA) is 139 Å². The van der Waals surface area contributed by atoms with Crippen molar-refractivity contribution in [1.29, 1.82) is 0 Å². The first kappa shape index (κ1) is 21.8. The van der Waals surface area contributed by atoms with Crippen molar-refractivity contribution in [3.05, 3.63) is 32.0 Å². The van der Waals surface area contributed by atoms with Gasteiger partial charge >= 0.3 is 11.9 Å². The molecule has 2 aliphatic carbocycles. The molecule has 28 heavy (non-hydrogen) atoms. The fourth-order valence-corrected chi connectivity index (χ4v) is 3.47. The van der Waals surface area contributed by atoms with Gasteiger partial charge in [-0.15, -0.1) is 0 Å². The van der Waals surface area contributed by atoms with Gasteiger partial charge in [0.25, 0.3) is 0 Å². The molecule has 10 heteroatoms. The van der Waals surface area contributed by atoms with E-state index in [9.17, 15) is 29.8 Å². The maximum Gasteiger partial charge on any atom is 0.306 e. The number of nitro groups is 2. The van der Waals surface area contributed by atoms with Gasteiger partial charge in [-0.25, -0.2) is 0 Å². The van der Waals surface area contributed by atoms with Crippen LogP contribution in [0.25, 0.3) is 0 Å². The average molecular weight is 398 g/mol. The Morgan fingerprint density at radius 2 is 1.50 bits per heavy atom. The summed E-state index contributed by atoms with van der Waals surface area (Å²) >= 11 is 0. The summed E-state index contributed by atoms with van der Waals surface area (Å²) in [6.07, 6.45) is 5.26. The SMILES string of the molecule is O=C(CCCCC(=O)OC1CCC([N+](=O)[O-])CC1)OC1CC=C([N+](=O)[O-])CC1. The number of hydrogen-bond acceptors (Lipinski definition) is 8. The van der Waals surface area contributed by atoms with Crippen LogP contribution >= 0.6 is 0 Å². The average Bonchev–Trinajstić information content (AvgIpc) is 2.66. The smallest absolute Gasteiger partial charge is 0.306 e. The molecule has 0 spiro atoms. The van der Waals surface area contributed by atoms with Crippen molar-refractivity contribution < 1.29 is 28.9 Å². The van der Waals surface area contributed by atoms with Gasteiger partial charge < -0.3 is 9.47 Å². The Labute approximate surface area is 162 Å². The zero-order valence-corrected chi connectivity index (χ0v) is 15.7. The van der Waals surface area contributed by atoms with Crippen molar-refractivity contribution in [3.8, 4) is 0 Å². The summed E-state index contributed by atoms with van der Waals surface area (Å²) in [4.78, 5) is 44.3. The lowest BCUT2D eigenvalue weighted by Gasteiger charge is -2.24. The summed E-state index contributed by atoms with van der Waals surface area (Å²) in [5.41, 5.74) is 0.165. The Bertz CT molecular complexity index is 625. The lowest BCUT2D eigenvalue weighted by atomic mass is 9.93. The fraction of sp³-hybridized carbons (Fsp3) is 0.778. The molecule has 156 valence electrons. The molecule has 1 unspecified atom stereocenters. The van der Waals surface area contributed by atoms with Crippen LogP contribution in [0.15, 0.2) is 11.8 Å². The third-order valence-electron chi connectivity index (χ3n) is 5.12.